The van der Waals surface area contributed by atoms with Crippen LogP contribution in [0.2, 0.25) is 0 Å². The van der Waals surface area contributed by atoms with Crippen LogP contribution < -0.4 is 10.6 Å². The van der Waals surface area contributed by atoms with Crippen LogP contribution in [0.4, 0.5) is 0 Å². The maximum absolute atomic E-state index is 8.78. The summed E-state index contributed by atoms with van der Waals surface area (Å²) in [5.41, 5.74) is 1.80. The van der Waals surface area contributed by atoms with Crippen molar-refractivity contribution in [2.45, 2.75) is 6.54 Å². The number of hydrogen-bond donors (Lipinski definition) is 2. The number of nitrogens with one attached hydrogen (secondary N) is 2. The Kier molecular flexibility index (Phi) is 6.68. The Hall–Kier alpha value is -2.10. The quantitative estimate of drug-likeness (QED) is 0.614. The summed E-state index contributed by atoms with van der Waals surface area (Å²) in [5, 5.41) is 15.4. The zero-order valence-electron chi connectivity index (χ0n) is 13.0. The van der Waals surface area contributed by atoms with Gasteiger partial charge in [0, 0.05) is 39.8 Å². The van der Waals surface area contributed by atoms with E-state index in [0.29, 0.717) is 12.1 Å². The average molecular weight is 301 g/mol. The molecule has 6 heteroatoms. The molecule has 1 aliphatic rings. The molecule has 0 unspecified atom stereocenters. The molecule has 22 heavy (non-hydrogen) atoms. The highest BCUT2D eigenvalue weighted by molar-refractivity contribution is 5.79. The molecule has 0 aromatic heterocycles. The summed E-state index contributed by atoms with van der Waals surface area (Å²) in [6.45, 7) is 6.17. The third kappa shape index (κ3) is 5.35. The molecular formula is C16H23N5O. The molecule has 1 aliphatic heterocycles. The van der Waals surface area contributed by atoms with Gasteiger partial charge in [0.05, 0.1) is 24.8 Å². The highest BCUT2D eigenvalue weighted by Gasteiger charge is 2.09. The molecule has 0 saturated carbocycles. The van der Waals surface area contributed by atoms with Gasteiger partial charge in [0.15, 0.2) is 5.96 Å². The van der Waals surface area contributed by atoms with E-state index in [1.807, 2.05) is 24.3 Å². The van der Waals surface area contributed by atoms with Crippen LogP contribution in [-0.4, -0.2) is 57.3 Å². The highest BCUT2D eigenvalue weighted by Crippen LogP contribution is 2.02. The Balaban J connectivity index is 1.69. The van der Waals surface area contributed by atoms with Gasteiger partial charge in [-0.25, -0.2) is 0 Å². The fourth-order valence-electron chi connectivity index (χ4n) is 2.26. The van der Waals surface area contributed by atoms with Crippen molar-refractivity contribution in [3.05, 3.63) is 35.4 Å². The number of nitriles is 1. The fraction of sp³-hybridized carbons (Fsp3) is 0.500. The molecule has 1 fully saturated rings. The van der Waals surface area contributed by atoms with Gasteiger partial charge in [-0.15, -0.1) is 0 Å². The first-order valence-electron chi connectivity index (χ1n) is 7.55. The topological polar surface area (TPSA) is 72.7 Å². The number of guanidine groups is 1. The number of ether oxygens (including phenoxy) is 1. The Bertz CT molecular complexity index is 514. The number of benzene rings is 1. The van der Waals surface area contributed by atoms with Gasteiger partial charge >= 0.3 is 0 Å². The van der Waals surface area contributed by atoms with E-state index in [1.54, 1.807) is 7.05 Å². The molecule has 1 aromatic carbocycles. The predicted octanol–water partition coefficient (Wildman–Crippen LogP) is 0.555. The normalized spacial score (nSPS) is 16.1. The second-order valence-corrected chi connectivity index (χ2v) is 5.12. The average Bonchev–Trinajstić information content (AvgIpc) is 2.59. The van der Waals surface area contributed by atoms with Gasteiger partial charge in [-0.2, -0.15) is 5.26 Å². The van der Waals surface area contributed by atoms with Crippen LogP contribution in [0.25, 0.3) is 0 Å². The largest absolute Gasteiger partial charge is 0.379 e. The predicted molar refractivity (Wildman–Crippen MR) is 86.6 cm³/mol. The molecule has 0 spiro atoms. The smallest absolute Gasteiger partial charge is 0.191 e. The molecule has 0 radical (unpaired) electrons. The van der Waals surface area contributed by atoms with E-state index in [9.17, 15) is 0 Å². The summed E-state index contributed by atoms with van der Waals surface area (Å²) < 4.78 is 5.33. The van der Waals surface area contributed by atoms with Gasteiger partial charge in [-0.3, -0.25) is 9.89 Å². The minimum Gasteiger partial charge on any atom is -0.379 e. The van der Waals surface area contributed by atoms with E-state index in [-0.39, 0.29) is 0 Å². The number of rotatable bonds is 5. The van der Waals surface area contributed by atoms with E-state index in [4.69, 9.17) is 10.00 Å². The first-order valence-corrected chi connectivity index (χ1v) is 7.55. The molecule has 6 nitrogen and oxygen atoms in total. The summed E-state index contributed by atoms with van der Waals surface area (Å²) in [6.07, 6.45) is 0. The van der Waals surface area contributed by atoms with E-state index in [1.165, 1.54) is 0 Å². The molecule has 1 aromatic rings. The van der Waals surface area contributed by atoms with Gasteiger partial charge < -0.3 is 15.4 Å². The Morgan fingerprint density at radius 3 is 2.64 bits per heavy atom. The first-order chi connectivity index (χ1) is 10.8. The zero-order chi connectivity index (χ0) is 15.6. The van der Waals surface area contributed by atoms with E-state index >= 15 is 0 Å². The lowest BCUT2D eigenvalue weighted by molar-refractivity contribution is 0.0389. The Morgan fingerprint density at radius 2 is 2.00 bits per heavy atom. The molecule has 2 N–H and O–H groups in total. The summed E-state index contributed by atoms with van der Waals surface area (Å²) in [6, 6.07) is 9.67. The lowest BCUT2D eigenvalue weighted by Crippen LogP contribution is -2.44. The van der Waals surface area contributed by atoms with Crippen LogP contribution in [0, 0.1) is 11.3 Å². The monoisotopic (exact) mass is 301 g/mol. The Morgan fingerprint density at radius 1 is 1.27 bits per heavy atom. The van der Waals surface area contributed by atoms with Crippen molar-refractivity contribution < 1.29 is 4.74 Å². The highest BCUT2D eigenvalue weighted by atomic mass is 16.5. The zero-order valence-corrected chi connectivity index (χ0v) is 13.0. The van der Waals surface area contributed by atoms with Crippen LogP contribution in [0.3, 0.4) is 0 Å². The van der Waals surface area contributed by atoms with E-state index < -0.39 is 0 Å². The lowest BCUT2D eigenvalue weighted by Gasteiger charge is -2.26. The second-order valence-electron chi connectivity index (χ2n) is 5.12. The van der Waals surface area contributed by atoms with Crippen molar-refractivity contribution in [1.82, 2.24) is 15.5 Å². The third-order valence-electron chi connectivity index (χ3n) is 3.59. The van der Waals surface area contributed by atoms with Crippen molar-refractivity contribution in [2.75, 3.05) is 46.4 Å². The molecule has 2 rings (SSSR count). The van der Waals surface area contributed by atoms with Crippen molar-refractivity contribution >= 4 is 5.96 Å². The number of aliphatic imine (C=N–C) groups is 1. The minimum atomic E-state index is 0.678. The third-order valence-corrected chi connectivity index (χ3v) is 3.59. The van der Waals surface area contributed by atoms with E-state index in [0.717, 1.165) is 50.9 Å². The minimum absolute atomic E-state index is 0.678. The van der Waals surface area contributed by atoms with Crippen LogP contribution in [0.1, 0.15) is 11.1 Å². The maximum Gasteiger partial charge on any atom is 0.191 e. The summed E-state index contributed by atoms with van der Waals surface area (Å²) >= 11 is 0. The van der Waals surface area contributed by atoms with Gasteiger partial charge in [0.25, 0.3) is 0 Å². The molecule has 0 aliphatic carbocycles. The molecule has 1 saturated heterocycles. The molecular weight excluding hydrogens is 278 g/mol. The standard InChI is InChI=1S/C16H23N5O/c1-18-16(19-6-7-21-8-10-22-11-9-21)20-13-15-4-2-14(12-17)3-5-15/h2-5H,6-11,13H2,1H3,(H2,18,19,20). The van der Waals surface area contributed by atoms with Crippen molar-refractivity contribution in [3.63, 3.8) is 0 Å². The van der Waals surface area contributed by atoms with Gasteiger partial charge in [-0.05, 0) is 17.7 Å². The lowest BCUT2D eigenvalue weighted by atomic mass is 10.1. The fourth-order valence-corrected chi connectivity index (χ4v) is 2.26. The SMILES string of the molecule is CN=C(NCCN1CCOCC1)NCc1ccc(C#N)cc1. The molecule has 1 heterocycles. The van der Waals surface area contributed by atoms with Crippen LogP contribution in [-0.2, 0) is 11.3 Å². The molecule has 0 atom stereocenters. The molecule has 118 valence electrons. The van der Waals surface area contributed by atoms with Crippen molar-refractivity contribution in [1.29, 1.82) is 5.26 Å². The van der Waals surface area contributed by atoms with Gasteiger partial charge in [-0.1, -0.05) is 12.1 Å². The van der Waals surface area contributed by atoms with Gasteiger partial charge in [0.1, 0.15) is 0 Å². The van der Waals surface area contributed by atoms with Crippen molar-refractivity contribution in [2.24, 2.45) is 4.99 Å². The number of morpholine rings is 1. The Labute approximate surface area is 131 Å². The summed E-state index contributed by atoms with van der Waals surface area (Å²) in [5.74, 6) is 0.789. The van der Waals surface area contributed by atoms with Crippen molar-refractivity contribution in [3.8, 4) is 6.07 Å². The number of nitrogens with zero attached hydrogens (tertiary/aromatic N) is 3. The van der Waals surface area contributed by atoms with Crippen LogP contribution in [0.15, 0.2) is 29.3 Å². The maximum atomic E-state index is 8.78. The van der Waals surface area contributed by atoms with Gasteiger partial charge in [0.2, 0.25) is 0 Å². The molecule has 0 bridgehead atoms. The van der Waals surface area contributed by atoms with Crippen LogP contribution in [0.5, 0.6) is 0 Å². The summed E-state index contributed by atoms with van der Waals surface area (Å²) in [7, 11) is 1.77. The van der Waals surface area contributed by atoms with Crippen LogP contribution >= 0.6 is 0 Å². The molecule has 0 amide bonds. The summed E-state index contributed by atoms with van der Waals surface area (Å²) in [4.78, 5) is 6.60. The number of hydrogen-bond acceptors (Lipinski definition) is 4. The van der Waals surface area contributed by atoms with E-state index in [2.05, 4.69) is 26.6 Å². The second kappa shape index (κ2) is 9.03. The first kappa shape index (κ1) is 16.3.